The molecule has 1 aliphatic carbocycles. The molecular weight excluding hydrogens is 322 g/mol. The van der Waals surface area contributed by atoms with E-state index in [-0.39, 0.29) is 51.7 Å². The lowest BCUT2D eigenvalue weighted by molar-refractivity contribution is -0.149. The summed E-state index contributed by atoms with van der Waals surface area (Å²) in [6.07, 6.45) is 0. The molecule has 0 aromatic rings. The third-order valence-corrected chi connectivity index (χ3v) is 6.62. The molecule has 4 atom stereocenters. The Morgan fingerprint density at radius 3 is 1.00 bits per heavy atom. The second-order valence-corrected chi connectivity index (χ2v) is 12.9. The van der Waals surface area contributed by atoms with Gasteiger partial charge in [-0.2, -0.15) is 0 Å². The van der Waals surface area contributed by atoms with Crippen molar-refractivity contribution < 1.29 is 9.59 Å². The molecule has 2 fully saturated rings. The third kappa shape index (κ3) is 3.24. The molecule has 1 saturated heterocycles. The highest BCUT2D eigenvalue weighted by Crippen LogP contribution is 2.65. The third-order valence-electron chi connectivity index (χ3n) is 6.62. The van der Waals surface area contributed by atoms with Gasteiger partial charge in [0.15, 0.2) is 0 Å². The molecule has 3 heteroatoms. The van der Waals surface area contributed by atoms with Crippen molar-refractivity contribution >= 4 is 11.8 Å². The lowest BCUT2D eigenvalue weighted by Crippen LogP contribution is -2.50. The van der Waals surface area contributed by atoms with Gasteiger partial charge in [0.2, 0.25) is 11.8 Å². The van der Waals surface area contributed by atoms with Gasteiger partial charge in [-0.1, -0.05) is 62.3 Å². The van der Waals surface area contributed by atoms with E-state index in [0.29, 0.717) is 5.92 Å². The van der Waals surface area contributed by atoms with Crippen LogP contribution in [0, 0.1) is 45.8 Å². The van der Waals surface area contributed by atoms with Gasteiger partial charge in [-0.25, -0.2) is 0 Å². The fourth-order valence-corrected chi connectivity index (χ4v) is 6.03. The summed E-state index contributed by atoms with van der Waals surface area (Å²) in [7, 11) is 0. The molecule has 0 spiro atoms. The Balaban J connectivity index is 2.73. The zero-order valence-electron chi connectivity index (χ0n) is 19.2. The first kappa shape index (κ1) is 21.4. The fourth-order valence-electron chi connectivity index (χ4n) is 6.03. The number of carbonyl (C=O) groups excluding carboxylic acids is 2. The van der Waals surface area contributed by atoms with Crippen LogP contribution in [0.1, 0.15) is 83.1 Å². The van der Waals surface area contributed by atoms with E-state index < -0.39 is 5.54 Å². The molecule has 1 aliphatic heterocycles. The molecule has 2 amide bonds. The SMILES string of the molecule is CC(C)(C)C1C2C(=O)N(C(C)(C)C)C(=O)C2C(C(C)(C)C)C1C(C)(C)C. The molecule has 150 valence electrons. The molecule has 2 aliphatic rings. The maximum atomic E-state index is 13.6. The van der Waals surface area contributed by atoms with E-state index in [1.807, 2.05) is 20.8 Å². The number of amides is 2. The zero-order chi connectivity index (χ0) is 20.6. The summed E-state index contributed by atoms with van der Waals surface area (Å²) in [6, 6.07) is 0. The first-order valence-corrected chi connectivity index (χ1v) is 10.2. The number of imide groups is 1. The van der Waals surface area contributed by atoms with Crippen LogP contribution in [-0.4, -0.2) is 22.3 Å². The van der Waals surface area contributed by atoms with Gasteiger partial charge in [0.1, 0.15) is 0 Å². The van der Waals surface area contributed by atoms with Crippen molar-refractivity contribution in [3.8, 4) is 0 Å². The van der Waals surface area contributed by atoms with Crippen LogP contribution in [-0.2, 0) is 9.59 Å². The summed E-state index contributed by atoms with van der Waals surface area (Å²) in [4.78, 5) is 28.7. The zero-order valence-corrected chi connectivity index (χ0v) is 19.2. The summed E-state index contributed by atoms with van der Waals surface area (Å²) in [5.41, 5.74) is -0.455. The molecule has 1 saturated carbocycles. The Labute approximate surface area is 161 Å². The monoisotopic (exact) mass is 363 g/mol. The largest absolute Gasteiger partial charge is 0.277 e. The molecule has 0 aromatic carbocycles. The van der Waals surface area contributed by atoms with E-state index in [2.05, 4.69) is 62.3 Å². The van der Waals surface area contributed by atoms with Crippen molar-refractivity contribution in [2.75, 3.05) is 0 Å². The minimum absolute atomic E-state index is 0.0231. The molecule has 0 aromatic heterocycles. The molecule has 26 heavy (non-hydrogen) atoms. The average Bonchev–Trinajstić information content (AvgIpc) is 2.81. The van der Waals surface area contributed by atoms with Gasteiger partial charge in [-0.05, 0) is 54.8 Å². The van der Waals surface area contributed by atoms with Crippen molar-refractivity contribution in [3.05, 3.63) is 0 Å². The van der Waals surface area contributed by atoms with E-state index >= 15 is 0 Å². The predicted octanol–water partition coefficient (Wildman–Crippen LogP) is 5.39. The van der Waals surface area contributed by atoms with Crippen molar-refractivity contribution in [1.29, 1.82) is 0 Å². The molecule has 3 nitrogen and oxygen atoms in total. The number of fused-ring (bicyclic) bond motifs is 1. The minimum Gasteiger partial charge on any atom is -0.277 e. The molecule has 0 bridgehead atoms. The highest BCUT2D eigenvalue weighted by atomic mass is 16.2. The maximum absolute atomic E-state index is 13.6. The molecule has 4 unspecified atom stereocenters. The lowest BCUT2D eigenvalue weighted by Gasteiger charge is -2.47. The number of hydrogen-bond acceptors (Lipinski definition) is 2. The number of hydrogen-bond donors (Lipinski definition) is 0. The Bertz CT molecular complexity index is 552. The van der Waals surface area contributed by atoms with E-state index in [1.54, 1.807) is 4.90 Å². The fraction of sp³-hybridized carbons (Fsp3) is 0.913. The molecule has 1 heterocycles. The number of carbonyl (C=O) groups is 2. The minimum atomic E-state index is -0.458. The van der Waals surface area contributed by atoms with Crippen LogP contribution in [0.4, 0.5) is 0 Å². The number of nitrogens with zero attached hydrogens (tertiary/aromatic N) is 1. The molecule has 0 radical (unpaired) electrons. The van der Waals surface area contributed by atoms with Gasteiger partial charge in [-0.3, -0.25) is 14.5 Å². The summed E-state index contributed by atoms with van der Waals surface area (Å²) in [5.74, 6) is 0.515. The van der Waals surface area contributed by atoms with Gasteiger partial charge in [0, 0.05) is 5.54 Å². The Hall–Kier alpha value is -0.860. The van der Waals surface area contributed by atoms with Crippen molar-refractivity contribution in [2.45, 2.75) is 88.6 Å². The summed E-state index contributed by atoms with van der Waals surface area (Å²) < 4.78 is 0. The van der Waals surface area contributed by atoms with Crippen LogP contribution in [0.15, 0.2) is 0 Å². The topological polar surface area (TPSA) is 37.4 Å². The Morgan fingerprint density at radius 2 is 0.808 bits per heavy atom. The smallest absolute Gasteiger partial charge is 0.233 e. The summed E-state index contributed by atoms with van der Waals surface area (Å²) >= 11 is 0. The quantitative estimate of drug-likeness (QED) is 0.541. The molecule has 2 rings (SSSR count). The number of likely N-dealkylation sites (tertiary alicyclic amines) is 1. The van der Waals surface area contributed by atoms with Crippen molar-refractivity contribution in [3.63, 3.8) is 0 Å². The number of rotatable bonds is 0. The van der Waals surface area contributed by atoms with E-state index in [9.17, 15) is 9.59 Å². The normalized spacial score (nSPS) is 33.8. The maximum Gasteiger partial charge on any atom is 0.233 e. The lowest BCUT2D eigenvalue weighted by atomic mass is 9.58. The van der Waals surface area contributed by atoms with E-state index in [1.165, 1.54) is 0 Å². The van der Waals surface area contributed by atoms with Gasteiger partial charge in [-0.15, -0.1) is 0 Å². The highest BCUT2D eigenvalue weighted by molar-refractivity contribution is 6.06. The van der Waals surface area contributed by atoms with Gasteiger partial charge < -0.3 is 0 Å². The first-order chi connectivity index (χ1) is 11.3. The second kappa shape index (κ2) is 5.82. The summed E-state index contributed by atoms with van der Waals surface area (Å²) in [5, 5.41) is 0. The van der Waals surface area contributed by atoms with E-state index in [4.69, 9.17) is 0 Å². The predicted molar refractivity (Wildman–Crippen MR) is 107 cm³/mol. The van der Waals surface area contributed by atoms with Crippen molar-refractivity contribution in [1.82, 2.24) is 4.90 Å². The van der Waals surface area contributed by atoms with Gasteiger partial charge in [0.25, 0.3) is 0 Å². The molecule has 0 N–H and O–H groups in total. The second-order valence-electron chi connectivity index (χ2n) is 12.9. The summed E-state index contributed by atoms with van der Waals surface area (Å²) in [6.45, 7) is 26.3. The van der Waals surface area contributed by atoms with Crippen LogP contribution >= 0.6 is 0 Å². The van der Waals surface area contributed by atoms with Gasteiger partial charge in [0.05, 0.1) is 11.8 Å². The highest BCUT2D eigenvalue weighted by Gasteiger charge is 2.69. The molecular formula is C23H41NO2. The van der Waals surface area contributed by atoms with Crippen LogP contribution in [0.3, 0.4) is 0 Å². The average molecular weight is 364 g/mol. The van der Waals surface area contributed by atoms with Crippen LogP contribution in [0.2, 0.25) is 0 Å². The van der Waals surface area contributed by atoms with Crippen molar-refractivity contribution in [2.24, 2.45) is 45.8 Å². The standard InChI is InChI=1S/C23H41NO2/c1-20(2,3)15-13-14(19(26)24(18(13)25)23(10,11)12)16(21(4,5)6)17(15)22(7,8)9/h13-17H,1-12H3. The first-order valence-electron chi connectivity index (χ1n) is 10.2. The Morgan fingerprint density at radius 1 is 0.538 bits per heavy atom. The van der Waals surface area contributed by atoms with E-state index in [0.717, 1.165) is 0 Å². The Kier molecular flexibility index (Phi) is 4.80. The van der Waals surface area contributed by atoms with Gasteiger partial charge >= 0.3 is 0 Å². The van der Waals surface area contributed by atoms with Crippen LogP contribution < -0.4 is 0 Å². The van der Waals surface area contributed by atoms with Crippen LogP contribution in [0.25, 0.3) is 0 Å². The van der Waals surface area contributed by atoms with Crippen LogP contribution in [0.5, 0.6) is 0 Å².